The SMILES string of the molecule is O=C1NC(=N[C@@H]2c3ccccc3C[C@@H]2O)SC1=Cc1ccc2ncccc2c1. The maximum Gasteiger partial charge on any atom is 0.264 e. The summed E-state index contributed by atoms with van der Waals surface area (Å²) < 4.78 is 0. The molecule has 2 aromatic carbocycles. The minimum Gasteiger partial charge on any atom is -0.390 e. The minimum atomic E-state index is -0.566. The van der Waals surface area contributed by atoms with Gasteiger partial charge in [-0.15, -0.1) is 0 Å². The average Bonchev–Trinajstić information content (AvgIpc) is 3.21. The van der Waals surface area contributed by atoms with Crippen molar-refractivity contribution >= 4 is 39.8 Å². The lowest BCUT2D eigenvalue weighted by molar-refractivity contribution is -0.115. The number of amides is 1. The largest absolute Gasteiger partial charge is 0.390 e. The molecule has 1 aromatic heterocycles. The van der Waals surface area contributed by atoms with E-state index in [0.29, 0.717) is 16.5 Å². The van der Waals surface area contributed by atoms with Crippen molar-refractivity contribution in [3.8, 4) is 0 Å². The van der Waals surface area contributed by atoms with Crippen LogP contribution in [0.15, 0.2) is 70.7 Å². The maximum absolute atomic E-state index is 12.4. The van der Waals surface area contributed by atoms with Gasteiger partial charge in [-0.1, -0.05) is 36.4 Å². The first-order valence-electron chi connectivity index (χ1n) is 9.07. The highest BCUT2D eigenvalue weighted by Gasteiger charge is 2.33. The van der Waals surface area contributed by atoms with Crippen LogP contribution in [0, 0.1) is 0 Å². The number of fused-ring (bicyclic) bond motifs is 2. The highest BCUT2D eigenvalue weighted by Crippen LogP contribution is 2.36. The molecule has 2 aliphatic rings. The number of aliphatic imine (C=N–C) groups is 1. The molecule has 138 valence electrons. The quantitative estimate of drug-likeness (QED) is 0.661. The number of hydrogen-bond donors (Lipinski definition) is 2. The van der Waals surface area contributed by atoms with E-state index in [1.54, 1.807) is 6.20 Å². The normalized spacial score (nSPS) is 24.1. The van der Waals surface area contributed by atoms with Gasteiger partial charge in [-0.05, 0) is 52.7 Å². The lowest BCUT2D eigenvalue weighted by Crippen LogP contribution is -2.22. The second-order valence-corrected chi connectivity index (χ2v) is 7.90. The van der Waals surface area contributed by atoms with Crippen LogP contribution in [0.25, 0.3) is 17.0 Å². The summed E-state index contributed by atoms with van der Waals surface area (Å²) >= 11 is 1.31. The van der Waals surface area contributed by atoms with Crippen LogP contribution in [0.4, 0.5) is 0 Å². The molecule has 2 atom stereocenters. The Hall–Kier alpha value is -2.96. The van der Waals surface area contributed by atoms with Crippen molar-refractivity contribution in [2.45, 2.75) is 18.6 Å². The van der Waals surface area contributed by atoms with Crippen molar-refractivity contribution in [3.05, 3.63) is 82.4 Å². The Kier molecular flexibility index (Phi) is 4.22. The maximum atomic E-state index is 12.4. The van der Waals surface area contributed by atoms with E-state index in [9.17, 15) is 9.90 Å². The standard InChI is InChI=1S/C22H17N3O2S/c26-18-12-14-4-1-2-6-16(14)20(18)24-22-25-21(27)19(28-22)11-13-7-8-17-15(10-13)5-3-9-23-17/h1-11,18,20,26H,12H2,(H,24,25,27)/t18-,20+/m0/s1. The van der Waals surface area contributed by atoms with E-state index < -0.39 is 6.10 Å². The lowest BCUT2D eigenvalue weighted by Gasteiger charge is -2.11. The van der Waals surface area contributed by atoms with E-state index in [2.05, 4.69) is 15.3 Å². The molecule has 0 spiro atoms. The number of nitrogens with one attached hydrogen (secondary N) is 1. The zero-order valence-electron chi connectivity index (χ0n) is 14.9. The number of hydrogen-bond acceptors (Lipinski definition) is 5. The highest BCUT2D eigenvalue weighted by atomic mass is 32.2. The Morgan fingerprint density at radius 3 is 3.00 bits per heavy atom. The molecule has 1 fully saturated rings. The number of aliphatic hydroxyl groups excluding tert-OH is 1. The van der Waals surface area contributed by atoms with Crippen LogP contribution >= 0.6 is 11.8 Å². The summed E-state index contributed by atoms with van der Waals surface area (Å²) in [5.74, 6) is -0.171. The number of aromatic nitrogens is 1. The third-order valence-corrected chi connectivity index (χ3v) is 5.92. The molecule has 0 bridgehead atoms. The van der Waals surface area contributed by atoms with Crippen LogP contribution in [0.3, 0.4) is 0 Å². The molecule has 2 N–H and O–H groups in total. The topological polar surface area (TPSA) is 74.6 Å². The molecule has 5 rings (SSSR count). The highest BCUT2D eigenvalue weighted by molar-refractivity contribution is 8.18. The van der Waals surface area contributed by atoms with Gasteiger partial charge in [-0.3, -0.25) is 14.8 Å². The van der Waals surface area contributed by atoms with Crippen LogP contribution in [0.1, 0.15) is 22.7 Å². The van der Waals surface area contributed by atoms with Gasteiger partial charge in [-0.25, -0.2) is 0 Å². The first kappa shape index (κ1) is 17.2. The molecule has 1 amide bonds. The predicted octanol–water partition coefficient (Wildman–Crippen LogP) is 3.45. The third kappa shape index (κ3) is 3.10. The van der Waals surface area contributed by atoms with Crippen LogP contribution in [-0.2, 0) is 11.2 Å². The van der Waals surface area contributed by atoms with Gasteiger partial charge >= 0.3 is 0 Å². The molecule has 3 aromatic rings. The fourth-order valence-electron chi connectivity index (χ4n) is 3.66. The molecular weight excluding hydrogens is 370 g/mol. The molecule has 2 heterocycles. The van der Waals surface area contributed by atoms with Crippen molar-refractivity contribution in [2.24, 2.45) is 4.99 Å². The van der Waals surface area contributed by atoms with Gasteiger partial charge < -0.3 is 10.4 Å². The number of pyridine rings is 1. The Morgan fingerprint density at radius 2 is 2.07 bits per heavy atom. The summed E-state index contributed by atoms with van der Waals surface area (Å²) in [6, 6.07) is 17.4. The molecule has 0 radical (unpaired) electrons. The molecule has 6 heteroatoms. The van der Waals surface area contributed by atoms with Crippen LogP contribution in [0.5, 0.6) is 0 Å². The van der Waals surface area contributed by atoms with Gasteiger partial charge in [0, 0.05) is 18.0 Å². The van der Waals surface area contributed by atoms with Crippen molar-refractivity contribution in [1.29, 1.82) is 0 Å². The predicted molar refractivity (Wildman–Crippen MR) is 112 cm³/mol. The number of nitrogens with zero attached hydrogens (tertiary/aromatic N) is 2. The molecular formula is C22H17N3O2S. The number of aliphatic hydroxyl groups is 1. The number of benzene rings is 2. The second-order valence-electron chi connectivity index (χ2n) is 6.87. The fraction of sp³-hybridized carbons (Fsp3) is 0.136. The minimum absolute atomic E-state index is 0.171. The fourth-order valence-corrected chi connectivity index (χ4v) is 4.52. The Balaban J connectivity index is 1.42. The van der Waals surface area contributed by atoms with Gasteiger partial charge in [0.25, 0.3) is 5.91 Å². The van der Waals surface area contributed by atoms with E-state index in [0.717, 1.165) is 27.6 Å². The lowest BCUT2D eigenvalue weighted by atomic mass is 10.1. The molecule has 1 saturated heterocycles. The zero-order valence-corrected chi connectivity index (χ0v) is 15.7. The van der Waals surface area contributed by atoms with E-state index in [-0.39, 0.29) is 11.9 Å². The van der Waals surface area contributed by atoms with Gasteiger partial charge in [0.2, 0.25) is 0 Å². The van der Waals surface area contributed by atoms with Crippen LogP contribution in [-0.4, -0.2) is 27.3 Å². The number of rotatable bonds is 2. The van der Waals surface area contributed by atoms with Crippen molar-refractivity contribution in [2.75, 3.05) is 0 Å². The molecule has 0 unspecified atom stereocenters. The van der Waals surface area contributed by atoms with Crippen LogP contribution in [0.2, 0.25) is 0 Å². The van der Waals surface area contributed by atoms with Gasteiger partial charge in [-0.2, -0.15) is 0 Å². The Labute approximate surface area is 166 Å². The first-order chi connectivity index (χ1) is 13.7. The molecule has 28 heavy (non-hydrogen) atoms. The first-order valence-corrected chi connectivity index (χ1v) is 9.88. The van der Waals surface area contributed by atoms with Crippen molar-refractivity contribution < 1.29 is 9.90 Å². The van der Waals surface area contributed by atoms with Gasteiger partial charge in [0.05, 0.1) is 16.5 Å². The van der Waals surface area contributed by atoms with Crippen molar-refractivity contribution in [1.82, 2.24) is 10.3 Å². The van der Waals surface area contributed by atoms with E-state index in [4.69, 9.17) is 0 Å². The zero-order chi connectivity index (χ0) is 19.1. The van der Waals surface area contributed by atoms with Gasteiger partial charge in [0.15, 0.2) is 5.17 Å². The number of carbonyl (C=O) groups is 1. The number of carbonyl (C=O) groups excluding carboxylic acids is 1. The number of thioether (sulfide) groups is 1. The Bertz CT molecular complexity index is 1160. The summed E-state index contributed by atoms with van der Waals surface area (Å²) in [7, 11) is 0. The third-order valence-electron chi connectivity index (χ3n) is 5.00. The summed E-state index contributed by atoms with van der Waals surface area (Å²) in [6.45, 7) is 0. The van der Waals surface area contributed by atoms with Crippen molar-refractivity contribution in [3.63, 3.8) is 0 Å². The van der Waals surface area contributed by atoms with Gasteiger partial charge in [0.1, 0.15) is 6.04 Å². The Morgan fingerprint density at radius 1 is 1.18 bits per heavy atom. The van der Waals surface area contributed by atoms with E-state index in [1.807, 2.05) is 60.7 Å². The van der Waals surface area contributed by atoms with Crippen LogP contribution < -0.4 is 5.32 Å². The number of amidine groups is 1. The summed E-state index contributed by atoms with van der Waals surface area (Å²) in [5.41, 5.74) is 3.99. The molecule has 1 aliphatic carbocycles. The van der Waals surface area contributed by atoms with E-state index >= 15 is 0 Å². The average molecular weight is 387 g/mol. The van der Waals surface area contributed by atoms with E-state index in [1.165, 1.54) is 11.8 Å². The second kappa shape index (κ2) is 6.89. The molecule has 0 saturated carbocycles. The smallest absolute Gasteiger partial charge is 0.264 e. The monoisotopic (exact) mass is 387 g/mol. The molecule has 5 nitrogen and oxygen atoms in total. The summed E-state index contributed by atoms with van der Waals surface area (Å²) in [4.78, 5) is 21.9. The molecule has 1 aliphatic heterocycles. The summed E-state index contributed by atoms with van der Waals surface area (Å²) in [6.07, 6.45) is 3.64. The summed E-state index contributed by atoms with van der Waals surface area (Å²) in [5, 5.41) is 14.8.